The Bertz CT molecular complexity index is 548. The molecule has 0 aromatic heterocycles. The molecular formula is C18H27NO5. The van der Waals surface area contributed by atoms with Gasteiger partial charge < -0.3 is 24.2 Å². The first-order valence-corrected chi connectivity index (χ1v) is 8.33. The van der Waals surface area contributed by atoms with E-state index < -0.39 is 12.1 Å². The number of rotatable bonds is 7. The largest absolute Gasteiger partial charge is 0.493 e. The molecular weight excluding hydrogens is 310 g/mol. The summed E-state index contributed by atoms with van der Waals surface area (Å²) in [4.78, 5) is 13.8. The molecule has 6 nitrogen and oxygen atoms in total. The van der Waals surface area contributed by atoms with Gasteiger partial charge in [-0.25, -0.2) is 4.79 Å². The van der Waals surface area contributed by atoms with Gasteiger partial charge in [-0.1, -0.05) is 6.92 Å². The number of nitrogens with zero attached hydrogens (tertiary/aromatic N) is 1. The molecule has 0 radical (unpaired) electrons. The number of likely N-dealkylation sites (tertiary alicyclic amines) is 1. The molecule has 1 aromatic carbocycles. The third-order valence-electron chi connectivity index (χ3n) is 4.23. The molecule has 1 N–H and O–H groups in total. The lowest BCUT2D eigenvalue weighted by molar-refractivity contribution is 0.0528. The van der Waals surface area contributed by atoms with E-state index in [9.17, 15) is 9.90 Å². The summed E-state index contributed by atoms with van der Waals surface area (Å²) in [7, 11) is 2.84. The van der Waals surface area contributed by atoms with Crippen LogP contribution in [0.15, 0.2) is 18.2 Å². The van der Waals surface area contributed by atoms with Crippen molar-refractivity contribution in [1.29, 1.82) is 0 Å². The smallest absolute Gasteiger partial charge is 0.337 e. The van der Waals surface area contributed by atoms with Crippen LogP contribution in [0.4, 0.5) is 0 Å². The van der Waals surface area contributed by atoms with E-state index in [2.05, 4.69) is 16.6 Å². The Hall–Kier alpha value is -1.79. The summed E-state index contributed by atoms with van der Waals surface area (Å²) in [5.41, 5.74) is 0.393. The molecule has 1 saturated heterocycles. The van der Waals surface area contributed by atoms with Crippen molar-refractivity contribution in [3.8, 4) is 11.5 Å². The first-order valence-electron chi connectivity index (χ1n) is 8.33. The van der Waals surface area contributed by atoms with E-state index in [0.717, 1.165) is 13.1 Å². The Balaban J connectivity index is 1.89. The van der Waals surface area contributed by atoms with E-state index in [-0.39, 0.29) is 6.61 Å². The molecule has 2 rings (SSSR count). The van der Waals surface area contributed by atoms with Crippen LogP contribution in [0.5, 0.6) is 11.5 Å². The highest BCUT2D eigenvalue weighted by molar-refractivity contribution is 5.90. The lowest BCUT2D eigenvalue weighted by atomic mass is 10.0. The first-order chi connectivity index (χ1) is 11.5. The Morgan fingerprint density at radius 3 is 2.83 bits per heavy atom. The third kappa shape index (κ3) is 5.11. The summed E-state index contributed by atoms with van der Waals surface area (Å²) in [5.74, 6) is 1.19. The van der Waals surface area contributed by atoms with Crippen molar-refractivity contribution in [2.75, 3.05) is 40.5 Å². The molecule has 1 fully saturated rings. The zero-order valence-electron chi connectivity index (χ0n) is 14.7. The average molecular weight is 337 g/mol. The van der Waals surface area contributed by atoms with Gasteiger partial charge in [0.25, 0.3) is 0 Å². The molecule has 2 atom stereocenters. The van der Waals surface area contributed by atoms with Gasteiger partial charge in [-0.15, -0.1) is 0 Å². The van der Waals surface area contributed by atoms with Crippen molar-refractivity contribution >= 4 is 5.97 Å². The zero-order valence-corrected chi connectivity index (χ0v) is 14.7. The van der Waals surface area contributed by atoms with E-state index in [4.69, 9.17) is 9.47 Å². The molecule has 6 heteroatoms. The number of aliphatic hydroxyl groups is 1. The van der Waals surface area contributed by atoms with Crippen LogP contribution in [0.3, 0.4) is 0 Å². The number of hydrogen-bond acceptors (Lipinski definition) is 6. The molecule has 0 bridgehead atoms. The standard InChI is InChI=1S/C18H27NO5/c1-13-5-4-8-19(10-13)11-15(20)12-24-16-7-6-14(18(21)23-3)9-17(16)22-2/h6-7,9,13,15,20H,4-5,8,10-12H2,1-3H3/t13-,15+/m0/s1. The van der Waals surface area contributed by atoms with Crippen LogP contribution in [-0.4, -0.2) is 62.5 Å². The lowest BCUT2D eigenvalue weighted by Crippen LogP contribution is -2.41. The van der Waals surface area contributed by atoms with Crippen molar-refractivity contribution < 1.29 is 24.1 Å². The fourth-order valence-corrected chi connectivity index (χ4v) is 3.02. The molecule has 1 heterocycles. The SMILES string of the molecule is COC(=O)c1ccc(OC[C@H](O)CN2CCC[C@H](C)C2)c(OC)c1. The Labute approximate surface area is 143 Å². The van der Waals surface area contributed by atoms with E-state index >= 15 is 0 Å². The highest BCUT2D eigenvalue weighted by Crippen LogP contribution is 2.28. The molecule has 1 aromatic rings. The van der Waals surface area contributed by atoms with Crippen molar-refractivity contribution in [2.24, 2.45) is 5.92 Å². The molecule has 134 valence electrons. The first kappa shape index (κ1) is 18.5. The number of benzene rings is 1. The molecule has 1 aliphatic rings. The topological polar surface area (TPSA) is 68.2 Å². The number of hydrogen-bond donors (Lipinski definition) is 1. The predicted octanol–water partition coefficient (Wildman–Crippen LogP) is 1.95. The van der Waals surface area contributed by atoms with Crippen LogP contribution >= 0.6 is 0 Å². The Morgan fingerprint density at radius 1 is 1.38 bits per heavy atom. The quantitative estimate of drug-likeness (QED) is 0.767. The Kier molecular flexibility index (Phi) is 6.87. The van der Waals surface area contributed by atoms with Crippen LogP contribution in [0, 0.1) is 5.92 Å². The zero-order chi connectivity index (χ0) is 17.5. The number of carbonyl (C=O) groups is 1. The van der Waals surface area contributed by atoms with Crippen LogP contribution in [-0.2, 0) is 4.74 Å². The highest BCUT2D eigenvalue weighted by Gasteiger charge is 2.19. The number of carbonyl (C=O) groups excluding carboxylic acids is 1. The van der Waals surface area contributed by atoms with Crippen molar-refractivity contribution in [3.63, 3.8) is 0 Å². The van der Waals surface area contributed by atoms with Gasteiger partial charge in [0.05, 0.1) is 19.8 Å². The number of ether oxygens (including phenoxy) is 3. The summed E-state index contributed by atoms with van der Waals surface area (Å²) < 4.78 is 15.6. The van der Waals surface area contributed by atoms with Crippen molar-refractivity contribution in [3.05, 3.63) is 23.8 Å². The van der Waals surface area contributed by atoms with Crippen LogP contribution in [0.2, 0.25) is 0 Å². The van der Waals surface area contributed by atoms with Gasteiger partial charge in [-0.2, -0.15) is 0 Å². The van der Waals surface area contributed by atoms with Gasteiger partial charge in [0.1, 0.15) is 12.7 Å². The van der Waals surface area contributed by atoms with Crippen molar-refractivity contribution in [1.82, 2.24) is 4.90 Å². The minimum atomic E-state index is -0.569. The molecule has 0 amide bonds. The van der Waals surface area contributed by atoms with Gasteiger partial charge in [0, 0.05) is 13.1 Å². The second-order valence-electron chi connectivity index (χ2n) is 6.33. The van der Waals surface area contributed by atoms with Gasteiger partial charge in [0.2, 0.25) is 0 Å². The van der Waals surface area contributed by atoms with Crippen molar-refractivity contribution in [2.45, 2.75) is 25.9 Å². The summed E-state index contributed by atoms with van der Waals surface area (Å²) >= 11 is 0. The average Bonchev–Trinajstić information content (AvgIpc) is 2.59. The van der Waals surface area contributed by atoms with Gasteiger partial charge >= 0.3 is 5.97 Å². The molecule has 0 unspecified atom stereocenters. The third-order valence-corrected chi connectivity index (χ3v) is 4.23. The molecule has 1 aliphatic heterocycles. The fraction of sp³-hybridized carbons (Fsp3) is 0.611. The van der Waals surface area contributed by atoms with Crippen LogP contribution in [0.1, 0.15) is 30.1 Å². The monoisotopic (exact) mass is 337 g/mol. The maximum Gasteiger partial charge on any atom is 0.337 e. The summed E-state index contributed by atoms with van der Waals surface area (Å²) in [6, 6.07) is 4.84. The maximum atomic E-state index is 11.5. The number of piperidine rings is 1. The molecule has 24 heavy (non-hydrogen) atoms. The minimum absolute atomic E-state index is 0.179. The number of methoxy groups -OCH3 is 2. The second kappa shape index (κ2) is 8.89. The lowest BCUT2D eigenvalue weighted by Gasteiger charge is -2.32. The van der Waals surface area contributed by atoms with E-state index in [1.54, 1.807) is 18.2 Å². The summed E-state index contributed by atoms with van der Waals surface area (Å²) in [5, 5.41) is 10.2. The molecule has 0 saturated carbocycles. The summed E-state index contributed by atoms with van der Waals surface area (Å²) in [6.07, 6.45) is 1.87. The van der Waals surface area contributed by atoms with E-state index in [1.807, 2.05) is 0 Å². The van der Waals surface area contributed by atoms with Gasteiger partial charge in [0.15, 0.2) is 11.5 Å². The normalized spacial score (nSPS) is 19.6. The fourth-order valence-electron chi connectivity index (χ4n) is 3.02. The number of aliphatic hydroxyl groups excluding tert-OH is 1. The Morgan fingerprint density at radius 2 is 2.17 bits per heavy atom. The van der Waals surface area contributed by atoms with E-state index in [0.29, 0.717) is 29.5 Å². The van der Waals surface area contributed by atoms with Gasteiger partial charge in [-0.05, 0) is 43.5 Å². The van der Waals surface area contributed by atoms with Gasteiger partial charge in [-0.3, -0.25) is 0 Å². The van der Waals surface area contributed by atoms with Crippen LogP contribution in [0.25, 0.3) is 0 Å². The summed E-state index contributed by atoms with van der Waals surface area (Å²) in [6.45, 7) is 5.07. The predicted molar refractivity (Wildman–Crippen MR) is 90.7 cm³/mol. The van der Waals surface area contributed by atoms with E-state index in [1.165, 1.54) is 27.1 Å². The maximum absolute atomic E-state index is 11.5. The number of esters is 1. The highest BCUT2D eigenvalue weighted by atomic mass is 16.5. The second-order valence-corrected chi connectivity index (χ2v) is 6.33. The van der Waals surface area contributed by atoms with Crippen LogP contribution < -0.4 is 9.47 Å². The molecule has 0 spiro atoms. The molecule has 0 aliphatic carbocycles. The number of β-amino-alcohol motifs (C(OH)–C–C–N with tert-alkyl or cyclic N) is 1. The minimum Gasteiger partial charge on any atom is -0.493 e.